The van der Waals surface area contributed by atoms with Gasteiger partial charge in [-0.1, -0.05) is 24.3 Å². The van der Waals surface area contributed by atoms with E-state index in [2.05, 4.69) is 10.2 Å². The van der Waals surface area contributed by atoms with Gasteiger partial charge in [-0.2, -0.15) is 5.10 Å². The van der Waals surface area contributed by atoms with Crippen molar-refractivity contribution in [1.29, 1.82) is 0 Å². The van der Waals surface area contributed by atoms with Gasteiger partial charge < -0.3 is 4.90 Å². The Morgan fingerprint density at radius 1 is 1.21 bits per heavy atom. The van der Waals surface area contributed by atoms with Crippen LogP contribution in [0.4, 0.5) is 0 Å². The molecule has 146 valence electrons. The summed E-state index contributed by atoms with van der Waals surface area (Å²) in [6.45, 7) is 3.54. The van der Waals surface area contributed by atoms with E-state index in [0.29, 0.717) is 12.3 Å². The predicted molar refractivity (Wildman–Crippen MR) is 110 cm³/mol. The summed E-state index contributed by atoms with van der Waals surface area (Å²) in [6.07, 6.45) is 3.10. The van der Waals surface area contributed by atoms with Crippen molar-refractivity contribution < 1.29 is 4.79 Å². The molecular formula is C21H24N4O2S. The molecule has 1 aromatic carbocycles. The average Bonchev–Trinajstić information content (AvgIpc) is 3.33. The Hall–Kier alpha value is -2.67. The first-order chi connectivity index (χ1) is 13.6. The van der Waals surface area contributed by atoms with Gasteiger partial charge >= 0.3 is 5.69 Å². The van der Waals surface area contributed by atoms with Crippen molar-refractivity contribution in [2.75, 3.05) is 13.1 Å². The van der Waals surface area contributed by atoms with E-state index in [1.165, 1.54) is 0 Å². The Morgan fingerprint density at radius 2 is 2.00 bits per heavy atom. The van der Waals surface area contributed by atoms with Crippen LogP contribution in [0.3, 0.4) is 0 Å². The molecule has 1 aliphatic heterocycles. The van der Waals surface area contributed by atoms with E-state index in [0.717, 1.165) is 54.3 Å². The van der Waals surface area contributed by atoms with Crippen molar-refractivity contribution in [2.45, 2.75) is 32.6 Å². The molecule has 1 amide bonds. The third-order valence-corrected chi connectivity index (χ3v) is 6.32. The Bertz CT molecular complexity index is 998. The second-order valence-electron chi connectivity index (χ2n) is 7.35. The van der Waals surface area contributed by atoms with Crippen LogP contribution in [0.5, 0.6) is 0 Å². The molecule has 0 bridgehead atoms. The number of piperidine rings is 1. The minimum absolute atomic E-state index is 0.201. The van der Waals surface area contributed by atoms with Gasteiger partial charge in [-0.15, -0.1) is 11.3 Å². The quantitative estimate of drug-likeness (QED) is 0.721. The van der Waals surface area contributed by atoms with E-state index in [4.69, 9.17) is 0 Å². The lowest BCUT2D eigenvalue weighted by atomic mass is 9.93. The molecule has 6 nitrogen and oxygen atoms in total. The molecule has 1 aliphatic rings. The minimum Gasteiger partial charge on any atom is -0.342 e. The number of likely N-dealkylation sites (tertiary alicyclic amines) is 1. The lowest BCUT2D eigenvalue weighted by molar-refractivity contribution is -0.131. The van der Waals surface area contributed by atoms with Crippen LogP contribution < -0.4 is 5.69 Å². The van der Waals surface area contributed by atoms with Crippen molar-refractivity contribution in [1.82, 2.24) is 19.7 Å². The first-order valence-corrected chi connectivity index (χ1v) is 10.5. The smallest absolute Gasteiger partial charge is 0.342 e. The zero-order chi connectivity index (χ0) is 19.5. The third-order valence-electron chi connectivity index (χ3n) is 5.44. The molecule has 0 unspecified atom stereocenters. The molecule has 0 saturated carbocycles. The summed E-state index contributed by atoms with van der Waals surface area (Å²) in [7, 11) is 0. The number of aromatic nitrogens is 3. The summed E-state index contributed by atoms with van der Waals surface area (Å²) in [6, 6.07) is 11.8. The van der Waals surface area contributed by atoms with Gasteiger partial charge in [-0.25, -0.2) is 14.5 Å². The van der Waals surface area contributed by atoms with Crippen molar-refractivity contribution in [3.63, 3.8) is 0 Å². The lowest BCUT2D eigenvalue weighted by Gasteiger charge is -2.32. The Kier molecular flexibility index (Phi) is 5.43. The molecule has 3 heterocycles. The minimum atomic E-state index is -0.201. The average molecular weight is 397 g/mol. The topological polar surface area (TPSA) is 71.0 Å². The van der Waals surface area contributed by atoms with Crippen LogP contribution in [-0.2, 0) is 17.6 Å². The number of thiophene rings is 1. The van der Waals surface area contributed by atoms with Gasteiger partial charge in [0.05, 0.1) is 12.1 Å². The van der Waals surface area contributed by atoms with Gasteiger partial charge in [0.25, 0.3) is 0 Å². The fourth-order valence-electron chi connectivity index (χ4n) is 3.85. The molecule has 1 fully saturated rings. The van der Waals surface area contributed by atoms with Gasteiger partial charge in [-0.05, 0) is 48.8 Å². The molecule has 2 aromatic heterocycles. The summed E-state index contributed by atoms with van der Waals surface area (Å²) in [4.78, 5) is 27.9. The first kappa shape index (κ1) is 18.7. The fraction of sp³-hybridized carbons (Fsp3) is 0.381. The summed E-state index contributed by atoms with van der Waals surface area (Å²) in [5.74, 6) is 1.39. The number of H-pyrrole nitrogens is 1. The van der Waals surface area contributed by atoms with Crippen molar-refractivity contribution in [3.8, 4) is 5.69 Å². The molecule has 4 rings (SSSR count). The van der Waals surface area contributed by atoms with E-state index in [9.17, 15) is 9.59 Å². The number of aryl methyl sites for hydroxylation is 1. The summed E-state index contributed by atoms with van der Waals surface area (Å²) >= 11 is 1.63. The maximum Gasteiger partial charge on any atom is 0.347 e. The Morgan fingerprint density at radius 3 is 2.71 bits per heavy atom. The highest BCUT2D eigenvalue weighted by Gasteiger charge is 2.25. The van der Waals surface area contributed by atoms with E-state index in [-0.39, 0.29) is 11.6 Å². The van der Waals surface area contributed by atoms with Crippen LogP contribution >= 0.6 is 11.3 Å². The number of nitrogens with one attached hydrogen (secondary N) is 1. The third kappa shape index (κ3) is 3.94. The molecule has 0 spiro atoms. The summed E-state index contributed by atoms with van der Waals surface area (Å²) in [5, 5.41) is 8.88. The van der Waals surface area contributed by atoms with Crippen LogP contribution in [-0.4, -0.2) is 38.7 Å². The number of carbonyl (C=O) groups excluding carboxylic acids is 1. The SMILES string of the molecule is Cc1ccccc1-n1c(CC2CCN(C(=O)Cc3cccs3)CC2)n[nH]c1=O. The lowest BCUT2D eigenvalue weighted by Crippen LogP contribution is -2.39. The predicted octanol–water partition coefficient (Wildman–Crippen LogP) is 2.95. The van der Waals surface area contributed by atoms with Crippen molar-refractivity contribution >= 4 is 17.2 Å². The molecular weight excluding hydrogens is 372 g/mol. The van der Waals surface area contributed by atoms with Gasteiger partial charge in [-0.3, -0.25) is 4.79 Å². The Labute approximate surface area is 167 Å². The van der Waals surface area contributed by atoms with Crippen LogP contribution in [0.2, 0.25) is 0 Å². The largest absolute Gasteiger partial charge is 0.347 e. The number of carbonyl (C=O) groups is 1. The van der Waals surface area contributed by atoms with Gasteiger partial charge in [0, 0.05) is 24.4 Å². The highest BCUT2D eigenvalue weighted by molar-refractivity contribution is 7.10. The van der Waals surface area contributed by atoms with E-state index < -0.39 is 0 Å². The van der Waals surface area contributed by atoms with Gasteiger partial charge in [0.15, 0.2) is 0 Å². The molecule has 28 heavy (non-hydrogen) atoms. The Balaban J connectivity index is 1.40. The van der Waals surface area contributed by atoms with E-state index in [1.54, 1.807) is 15.9 Å². The molecule has 1 N–H and O–H groups in total. The maximum absolute atomic E-state index is 12.5. The number of aromatic amines is 1. The second kappa shape index (κ2) is 8.14. The zero-order valence-corrected chi connectivity index (χ0v) is 16.7. The number of benzene rings is 1. The molecule has 7 heteroatoms. The summed E-state index contributed by atoms with van der Waals surface area (Å²) < 4.78 is 1.68. The van der Waals surface area contributed by atoms with Crippen molar-refractivity contribution in [3.05, 3.63) is 68.5 Å². The number of rotatable bonds is 5. The molecule has 0 atom stereocenters. The standard InChI is InChI=1S/C21H24N4O2S/c1-15-5-2-3-7-18(15)25-19(22-23-21(25)27)13-16-8-10-24(11-9-16)20(26)14-17-6-4-12-28-17/h2-7,12,16H,8-11,13-14H2,1H3,(H,23,27). The number of hydrogen-bond donors (Lipinski definition) is 1. The molecule has 0 radical (unpaired) electrons. The van der Waals surface area contributed by atoms with Crippen LogP contribution in [0.15, 0.2) is 46.6 Å². The number of hydrogen-bond acceptors (Lipinski definition) is 4. The molecule has 3 aromatic rings. The highest BCUT2D eigenvalue weighted by atomic mass is 32.1. The second-order valence-corrected chi connectivity index (χ2v) is 8.38. The van der Waals surface area contributed by atoms with E-state index in [1.807, 2.05) is 53.6 Å². The highest BCUT2D eigenvalue weighted by Crippen LogP contribution is 2.23. The van der Waals surface area contributed by atoms with Gasteiger partial charge in [0.1, 0.15) is 5.82 Å². The monoisotopic (exact) mass is 396 g/mol. The van der Waals surface area contributed by atoms with Crippen molar-refractivity contribution in [2.24, 2.45) is 5.92 Å². The maximum atomic E-state index is 12.5. The zero-order valence-electron chi connectivity index (χ0n) is 15.9. The number of nitrogens with zero attached hydrogens (tertiary/aromatic N) is 3. The first-order valence-electron chi connectivity index (χ1n) is 9.64. The fourth-order valence-corrected chi connectivity index (χ4v) is 4.54. The summed E-state index contributed by atoms with van der Waals surface area (Å²) in [5.41, 5.74) is 1.72. The van der Waals surface area contributed by atoms with E-state index >= 15 is 0 Å². The van der Waals surface area contributed by atoms with Crippen LogP contribution in [0.1, 0.15) is 29.1 Å². The molecule has 0 aliphatic carbocycles. The van der Waals surface area contributed by atoms with Crippen LogP contribution in [0.25, 0.3) is 5.69 Å². The number of amides is 1. The number of para-hydroxylation sites is 1. The van der Waals surface area contributed by atoms with Crippen LogP contribution in [0, 0.1) is 12.8 Å². The molecule has 1 saturated heterocycles. The normalized spacial score (nSPS) is 15.1. The van der Waals surface area contributed by atoms with Gasteiger partial charge in [0.2, 0.25) is 5.91 Å².